The van der Waals surface area contributed by atoms with Gasteiger partial charge in [-0.1, -0.05) is 214 Å². The Morgan fingerprint density at radius 2 is 0.548 bits per heavy atom. The molecule has 0 aromatic carbocycles. The molecule has 432 valence electrons. The maximum absolute atomic E-state index is 12.9. The third kappa shape index (κ3) is 49.4. The molecule has 0 saturated carbocycles. The van der Waals surface area contributed by atoms with Gasteiger partial charge in [-0.25, -0.2) is 9.13 Å². The third-order valence-electron chi connectivity index (χ3n) is 12.4. The Kier molecular flexibility index (Phi) is 48.3. The number of hydrogen-bond donors (Lipinski definition) is 3. The number of aliphatic hydroxyl groups is 1. The fourth-order valence-corrected chi connectivity index (χ4v) is 9.44. The molecule has 0 aliphatic heterocycles. The molecule has 19 heteroatoms. The SMILES string of the molecule is CCCCCCCCCCCCC(=O)OC[C@H](COP(=O)(O)OC[C@H](O)COP(=O)(O)OC[C@@H](COC(=O)CCCCCCC)OC(=O)CCCCCCCCCC)OC(=O)CCCCCCCCCCCC. The number of unbranched alkanes of at least 4 members (excludes halogenated alkanes) is 29. The molecule has 0 aliphatic carbocycles. The monoisotopic (exact) mass is 1090 g/mol. The molecule has 0 aromatic rings. The van der Waals surface area contributed by atoms with Crippen LogP contribution in [0, 0.1) is 0 Å². The number of esters is 4. The van der Waals surface area contributed by atoms with E-state index in [0.717, 1.165) is 103 Å². The van der Waals surface area contributed by atoms with E-state index >= 15 is 0 Å². The van der Waals surface area contributed by atoms with E-state index in [1.165, 1.54) is 83.5 Å². The number of rotatable bonds is 55. The van der Waals surface area contributed by atoms with Crippen molar-refractivity contribution in [3.05, 3.63) is 0 Å². The second-order valence-corrected chi connectivity index (χ2v) is 22.5. The van der Waals surface area contributed by atoms with Gasteiger partial charge in [-0.3, -0.25) is 37.3 Å². The van der Waals surface area contributed by atoms with E-state index in [4.69, 9.17) is 37.0 Å². The number of phosphoric acid groups is 2. The van der Waals surface area contributed by atoms with Crippen molar-refractivity contribution in [2.45, 2.75) is 284 Å². The molecule has 73 heavy (non-hydrogen) atoms. The van der Waals surface area contributed by atoms with Crippen LogP contribution in [0.3, 0.4) is 0 Å². The summed E-state index contributed by atoms with van der Waals surface area (Å²) < 4.78 is 67.3. The van der Waals surface area contributed by atoms with E-state index in [1.807, 2.05) is 0 Å². The molecule has 2 unspecified atom stereocenters. The molecule has 0 aromatic heterocycles. The molecule has 0 fully saturated rings. The summed E-state index contributed by atoms with van der Waals surface area (Å²) in [5.41, 5.74) is 0. The first-order valence-corrected chi connectivity index (χ1v) is 31.8. The van der Waals surface area contributed by atoms with Crippen LogP contribution in [-0.4, -0.2) is 96.7 Å². The van der Waals surface area contributed by atoms with Crippen LogP contribution >= 0.6 is 15.6 Å². The highest BCUT2D eigenvalue weighted by Crippen LogP contribution is 2.45. The lowest BCUT2D eigenvalue weighted by Crippen LogP contribution is -2.30. The highest BCUT2D eigenvalue weighted by Gasteiger charge is 2.30. The predicted octanol–water partition coefficient (Wildman–Crippen LogP) is 14.0. The van der Waals surface area contributed by atoms with Crippen LogP contribution in [0.1, 0.15) is 265 Å². The Morgan fingerprint density at radius 1 is 0.329 bits per heavy atom. The van der Waals surface area contributed by atoms with Gasteiger partial charge < -0.3 is 33.8 Å². The minimum atomic E-state index is -4.93. The van der Waals surface area contributed by atoms with E-state index in [0.29, 0.717) is 25.7 Å². The summed E-state index contributed by atoms with van der Waals surface area (Å²) in [6.07, 6.45) is 31.1. The van der Waals surface area contributed by atoms with E-state index < -0.39 is 97.5 Å². The van der Waals surface area contributed by atoms with E-state index in [2.05, 4.69) is 27.7 Å². The van der Waals surface area contributed by atoms with Gasteiger partial charge in [-0.05, 0) is 25.7 Å². The zero-order chi connectivity index (χ0) is 54.1. The lowest BCUT2D eigenvalue weighted by atomic mass is 10.1. The Bertz CT molecular complexity index is 1440. The Morgan fingerprint density at radius 3 is 0.808 bits per heavy atom. The number of carbonyl (C=O) groups is 4. The molecular weight excluding hydrogens is 983 g/mol. The van der Waals surface area contributed by atoms with Gasteiger partial charge in [0.25, 0.3) is 0 Å². The minimum absolute atomic E-state index is 0.104. The number of phosphoric ester groups is 2. The summed E-state index contributed by atoms with van der Waals surface area (Å²) in [5.74, 6) is -2.16. The molecule has 5 atom stereocenters. The number of carbonyl (C=O) groups excluding carboxylic acids is 4. The summed E-state index contributed by atoms with van der Waals surface area (Å²) in [6, 6.07) is 0. The van der Waals surface area contributed by atoms with Crippen LogP contribution in [0.5, 0.6) is 0 Å². The smallest absolute Gasteiger partial charge is 0.462 e. The predicted molar refractivity (Wildman–Crippen MR) is 285 cm³/mol. The molecule has 0 saturated heterocycles. The lowest BCUT2D eigenvalue weighted by Gasteiger charge is -2.21. The van der Waals surface area contributed by atoms with Gasteiger partial charge in [0.2, 0.25) is 0 Å². The standard InChI is InChI=1S/C54H104O17P2/c1-5-9-13-17-20-23-25-28-31-35-39-52(57)65-45-50(71-54(59)41-37-33-29-26-24-21-18-14-10-6-2)47-69-73(62,63)67-43-48(55)42-66-72(60,61)68-46-49(44-64-51(56)38-34-30-16-12-8-4)70-53(58)40-36-32-27-22-19-15-11-7-3/h48-50,55H,5-47H2,1-4H3,(H,60,61)(H,62,63)/t48-,49-,50-/m1/s1. The fourth-order valence-electron chi connectivity index (χ4n) is 7.87. The molecule has 0 amide bonds. The minimum Gasteiger partial charge on any atom is -0.462 e. The van der Waals surface area contributed by atoms with Crippen molar-refractivity contribution in [2.75, 3.05) is 39.6 Å². The molecule has 0 heterocycles. The van der Waals surface area contributed by atoms with Crippen molar-refractivity contribution in [3.63, 3.8) is 0 Å². The largest absolute Gasteiger partial charge is 0.472 e. The van der Waals surface area contributed by atoms with Crippen molar-refractivity contribution in [3.8, 4) is 0 Å². The first kappa shape index (κ1) is 71.1. The van der Waals surface area contributed by atoms with Gasteiger partial charge in [-0.15, -0.1) is 0 Å². The van der Waals surface area contributed by atoms with E-state index in [1.54, 1.807) is 0 Å². The Hall–Kier alpha value is -1.94. The second kappa shape index (κ2) is 49.6. The van der Waals surface area contributed by atoms with E-state index in [-0.39, 0.29) is 25.7 Å². The van der Waals surface area contributed by atoms with Gasteiger partial charge in [0.15, 0.2) is 12.2 Å². The summed E-state index contributed by atoms with van der Waals surface area (Å²) in [4.78, 5) is 71.3. The molecule has 0 rings (SSSR count). The normalized spacial score (nSPS) is 14.5. The highest BCUT2D eigenvalue weighted by molar-refractivity contribution is 7.47. The third-order valence-corrected chi connectivity index (χ3v) is 14.3. The number of aliphatic hydroxyl groups excluding tert-OH is 1. The lowest BCUT2D eigenvalue weighted by molar-refractivity contribution is -0.161. The Balaban J connectivity index is 5.17. The number of hydrogen-bond acceptors (Lipinski definition) is 15. The molecule has 0 bridgehead atoms. The van der Waals surface area contributed by atoms with Crippen molar-refractivity contribution in [1.82, 2.24) is 0 Å². The van der Waals surface area contributed by atoms with Crippen molar-refractivity contribution in [2.24, 2.45) is 0 Å². The molecule has 0 aliphatic rings. The van der Waals surface area contributed by atoms with Crippen LogP contribution in [0.25, 0.3) is 0 Å². The first-order chi connectivity index (χ1) is 35.2. The maximum atomic E-state index is 12.9. The molecule has 0 spiro atoms. The van der Waals surface area contributed by atoms with Crippen molar-refractivity contribution >= 4 is 39.5 Å². The summed E-state index contributed by atoms with van der Waals surface area (Å²) in [5, 5.41) is 10.4. The second-order valence-electron chi connectivity index (χ2n) is 19.6. The van der Waals surface area contributed by atoms with Gasteiger partial charge in [0.05, 0.1) is 26.4 Å². The average Bonchev–Trinajstić information content (AvgIpc) is 3.36. The van der Waals surface area contributed by atoms with Gasteiger partial charge >= 0.3 is 39.5 Å². The molecule has 17 nitrogen and oxygen atoms in total. The topological polar surface area (TPSA) is 237 Å². The Labute approximate surface area is 441 Å². The number of ether oxygens (including phenoxy) is 4. The van der Waals surface area contributed by atoms with Gasteiger partial charge in [-0.2, -0.15) is 0 Å². The first-order valence-electron chi connectivity index (χ1n) is 28.8. The van der Waals surface area contributed by atoms with Crippen molar-refractivity contribution < 1.29 is 80.2 Å². The highest BCUT2D eigenvalue weighted by atomic mass is 31.2. The van der Waals surface area contributed by atoms with Crippen LogP contribution < -0.4 is 0 Å². The average molecular weight is 1090 g/mol. The fraction of sp³-hybridized carbons (Fsp3) is 0.926. The zero-order valence-electron chi connectivity index (χ0n) is 46.1. The van der Waals surface area contributed by atoms with Gasteiger partial charge in [0.1, 0.15) is 19.3 Å². The zero-order valence-corrected chi connectivity index (χ0v) is 47.9. The van der Waals surface area contributed by atoms with Crippen LogP contribution in [-0.2, 0) is 65.4 Å². The summed E-state index contributed by atoms with van der Waals surface area (Å²) >= 11 is 0. The van der Waals surface area contributed by atoms with Crippen LogP contribution in [0.4, 0.5) is 0 Å². The quantitative estimate of drug-likeness (QED) is 0.0222. The van der Waals surface area contributed by atoms with E-state index in [9.17, 15) is 43.2 Å². The summed E-state index contributed by atoms with van der Waals surface area (Å²) in [7, 11) is -9.85. The van der Waals surface area contributed by atoms with Crippen LogP contribution in [0.2, 0.25) is 0 Å². The molecule has 3 N–H and O–H groups in total. The maximum Gasteiger partial charge on any atom is 0.472 e. The molecular formula is C54H104O17P2. The van der Waals surface area contributed by atoms with Crippen LogP contribution in [0.15, 0.2) is 0 Å². The van der Waals surface area contributed by atoms with Crippen molar-refractivity contribution in [1.29, 1.82) is 0 Å². The summed E-state index contributed by atoms with van der Waals surface area (Å²) in [6.45, 7) is 4.68. The van der Waals surface area contributed by atoms with Gasteiger partial charge in [0, 0.05) is 25.7 Å². The molecule has 0 radical (unpaired) electrons.